The Bertz CT molecular complexity index is 2000. The van der Waals surface area contributed by atoms with Crippen molar-refractivity contribution in [3.8, 4) is 28.6 Å². The number of nitro groups is 1. The van der Waals surface area contributed by atoms with Gasteiger partial charge in [-0.1, -0.05) is 38.1 Å². The van der Waals surface area contributed by atoms with E-state index >= 15 is 0 Å². The summed E-state index contributed by atoms with van der Waals surface area (Å²) in [5.41, 5.74) is 3.11. The van der Waals surface area contributed by atoms with Crippen molar-refractivity contribution < 1.29 is 23.5 Å². The Hall–Kier alpha value is -5.58. The molecule has 5 rings (SSSR count). The molecule has 1 heterocycles. The molecule has 11 heteroatoms. The van der Waals surface area contributed by atoms with Crippen LogP contribution in [0.5, 0.6) is 17.2 Å². The van der Waals surface area contributed by atoms with Gasteiger partial charge in [-0.2, -0.15) is 9.78 Å². The molecule has 0 aliphatic rings. The first-order chi connectivity index (χ1) is 22.1. The van der Waals surface area contributed by atoms with Crippen LogP contribution in [0.2, 0.25) is 0 Å². The van der Waals surface area contributed by atoms with Crippen molar-refractivity contribution in [2.45, 2.75) is 40.2 Å². The van der Waals surface area contributed by atoms with Crippen LogP contribution < -0.4 is 19.8 Å². The van der Waals surface area contributed by atoms with Crippen molar-refractivity contribution in [3.63, 3.8) is 0 Å². The predicted molar refractivity (Wildman–Crippen MR) is 175 cm³/mol. The molecule has 236 valence electrons. The molecule has 46 heavy (non-hydrogen) atoms. The molecule has 4 aromatic carbocycles. The smallest absolute Gasteiger partial charge is 0.315 e. The summed E-state index contributed by atoms with van der Waals surface area (Å²) in [6, 6.07) is 19.3. The number of benzene rings is 4. The number of ether oxygens (including phenoxy) is 3. The average Bonchev–Trinajstić information content (AvgIpc) is 3.04. The van der Waals surface area contributed by atoms with E-state index in [0.717, 1.165) is 16.9 Å². The summed E-state index contributed by atoms with van der Waals surface area (Å²) in [7, 11) is 1.61. The molecule has 0 aliphatic carbocycles. The molecule has 0 amide bonds. The van der Waals surface area contributed by atoms with Gasteiger partial charge in [0.2, 0.25) is 5.75 Å². The highest BCUT2D eigenvalue weighted by Gasteiger charge is 2.23. The Balaban J connectivity index is 1.64. The highest BCUT2D eigenvalue weighted by Crippen LogP contribution is 2.39. The minimum Gasteiger partial charge on any atom is -0.496 e. The van der Waals surface area contributed by atoms with Crippen molar-refractivity contribution in [2.75, 3.05) is 13.7 Å². The van der Waals surface area contributed by atoms with Crippen LogP contribution in [0, 0.1) is 22.9 Å². The Labute approximate surface area is 264 Å². The van der Waals surface area contributed by atoms with Gasteiger partial charge >= 0.3 is 5.69 Å². The van der Waals surface area contributed by atoms with Crippen LogP contribution in [0.1, 0.15) is 48.9 Å². The zero-order valence-electron chi connectivity index (χ0n) is 26.1. The molecule has 0 atom stereocenters. The van der Waals surface area contributed by atoms with Gasteiger partial charge in [0, 0.05) is 17.2 Å². The maximum absolute atomic E-state index is 13.8. The quantitative estimate of drug-likeness (QED) is 0.0853. The lowest BCUT2D eigenvalue weighted by Crippen LogP contribution is -2.21. The number of nitrogens with zero attached hydrogens (tertiary/aromatic N) is 4. The number of hydrogen-bond donors (Lipinski definition) is 0. The summed E-state index contributed by atoms with van der Waals surface area (Å²) in [6.07, 6.45) is 1.35. The number of aryl methyl sites for hydroxylation is 1. The minimum absolute atomic E-state index is 0.0459. The second-order valence-corrected chi connectivity index (χ2v) is 10.9. The van der Waals surface area contributed by atoms with Gasteiger partial charge in [-0.25, -0.2) is 9.37 Å². The minimum atomic E-state index is -0.580. The van der Waals surface area contributed by atoms with Gasteiger partial charge in [-0.15, -0.1) is 0 Å². The third-order valence-electron chi connectivity index (χ3n) is 7.37. The van der Waals surface area contributed by atoms with E-state index in [1.807, 2.05) is 32.9 Å². The van der Waals surface area contributed by atoms with Crippen molar-refractivity contribution in [2.24, 2.45) is 5.10 Å². The Morgan fingerprint density at radius 2 is 1.78 bits per heavy atom. The van der Waals surface area contributed by atoms with E-state index < -0.39 is 16.3 Å². The summed E-state index contributed by atoms with van der Waals surface area (Å²) in [5, 5.41) is 17.1. The van der Waals surface area contributed by atoms with Gasteiger partial charge < -0.3 is 14.2 Å². The fourth-order valence-corrected chi connectivity index (χ4v) is 5.06. The van der Waals surface area contributed by atoms with Crippen LogP contribution >= 0.6 is 0 Å². The predicted octanol–water partition coefficient (Wildman–Crippen LogP) is 7.41. The lowest BCUT2D eigenvalue weighted by atomic mass is 9.96. The number of nitro benzene ring substituents is 1. The van der Waals surface area contributed by atoms with E-state index in [9.17, 15) is 19.3 Å². The van der Waals surface area contributed by atoms with Crippen molar-refractivity contribution in [1.82, 2.24) is 9.66 Å². The maximum Gasteiger partial charge on any atom is 0.315 e. The number of rotatable bonds is 11. The van der Waals surface area contributed by atoms with Crippen LogP contribution in [0.25, 0.3) is 22.3 Å². The molecule has 0 fully saturated rings. The molecule has 0 bridgehead atoms. The van der Waals surface area contributed by atoms with Crippen LogP contribution in [-0.2, 0) is 6.61 Å². The lowest BCUT2D eigenvalue weighted by molar-refractivity contribution is -0.386. The first-order valence-corrected chi connectivity index (χ1v) is 14.7. The number of hydrogen-bond acceptors (Lipinski definition) is 8. The maximum atomic E-state index is 13.8. The van der Waals surface area contributed by atoms with Crippen molar-refractivity contribution in [1.29, 1.82) is 0 Å². The average molecular weight is 625 g/mol. The largest absolute Gasteiger partial charge is 0.496 e. The van der Waals surface area contributed by atoms with Crippen LogP contribution in [0.15, 0.2) is 82.7 Å². The number of methoxy groups -OCH3 is 1. The second kappa shape index (κ2) is 13.6. The summed E-state index contributed by atoms with van der Waals surface area (Å²) < 4.78 is 31.7. The Kier molecular flexibility index (Phi) is 9.41. The fraction of sp³-hybridized carbons (Fsp3) is 0.229. The molecule has 0 spiro atoms. The van der Waals surface area contributed by atoms with Crippen molar-refractivity contribution in [3.05, 3.63) is 121 Å². The van der Waals surface area contributed by atoms with Crippen LogP contribution in [0.4, 0.5) is 10.1 Å². The van der Waals surface area contributed by atoms with Gasteiger partial charge in [-0.05, 0) is 78.9 Å². The number of aromatic nitrogens is 2. The lowest BCUT2D eigenvalue weighted by Gasteiger charge is -2.17. The SMILES string of the molecule is CCOc1cc(C=Nn2c(-c3cc(C(C)C)c(OC)cc3C)nc3ccccc3c2=O)cc([N+](=O)[O-])c1OCc1ccc(F)cc1. The van der Waals surface area contributed by atoms with E-state index in [4.69, 9.17) is 19.2 Å². The molecule has 0 saturated carbocycles. The van der Waals surface area contributed by atoms with Crippen LogP contribution in [0.3, 0.4) is 0 Å². The molecule has 0 aliphatic heterocycles. The number of halogens is 1. The summed E-state index contributed by atoms with van der Waals surface area (Å²) in [5.74, 6) is 0.804. The van der Waals surface area contributed by atoms with E-state index in [1.54, 1.807) is 44.4 Å². The molecular formula is C35H33FN4O6. The van der Waals surface area contributed by atoms with Gasteiger partial charge in [0.05, 0.1) is 35.8 Å². The third-order valence-corrected chi connectivity index (χ3v) is 7.37. The Morgan fingerprint density at radius 3 is 2.46 bits per heavy atom. The molecule has 0 radical (unpaired) electrons. The van der Waals surface area contributed by atoms with Gasteiger partial charge in [0.1, 0.15) is 18.2 Å². The van der Waals surface area contributed by atoms with E-state index in [-0.39, 0.29) is 36.3 Å². The molecule has 1 aromatic heterocycles. The molecule has 5 aromatic rings. The number of para-hydroxylation sites is 1. The molecular weight excluding hydrogens is 591 g/mol. The topological polar surface area (TPSA) is 118 Å². The van der Waals surface area contributed by atoms with Crippen LogP contribution in [-0.4, -0.2) is 34.5 Å². The summed E-state index contributed by atoms with van der Waals surface area (Å²) in [4.78, 5) is 30.3. The third kappa shape index (κ3) is 6.58. The normalized spacial score (nSPS) is 11.4. The molecule has 10 nitrogen and oxygen atoms in total. The van der Waals surface area contributed by atoms with Gasteiger partial charge in [-0.3, -0.25) is 14.9 Å². The molecule has 0 saturated heterocycles. The zero-order chi connectivity index (χ0) is 33.0. The summed E-state index contributed by atoms with van der Waals surface area (Å²) in [6.45, 7) is 7.90. The summed E-state index contributed by atoms with van der Waals surface area (Å²) >= 11 is 0. The van der Waals surface area contributed by atoms with E-state index in [1.165, 1.54) is 41.2 Å². The van der Waals surface area contributed by atoms with E-state index in [2.05, 4.69) is 5.10 Å². The van der Waals surface area contributed by atoms with Crippen molar-refractivity contribution >= 4 is 22.8 Å². The first-order valence-electron chi connectivity index (χ1n) is 14.7. The highest BCUT2D eigenvalue weighted by atomic mass is 19.1. The second-order valence-electron chi connectivity index (χ2n) is 10.9. The molecule has 0 unspecified atom stereocenters. The standard InChI is InChI=1S/C35H33FN4O6/c1-6-45-32-17-24(16-30(40(42)43)33(32)46-20-23-11-13-25(36)14-12-23)19-37-39-34(38-29-10-8-7-9-26(29)35(39)41)28-18-27(21(2)3)31(44-5)15-22(28)4/h7-19,21H,6,20H2,1-5H3. The Morgan fingerprint density at radius 1 is 1.04 bits per heavy atom. The van der Waals surface area contributed by atoms with Gasteiger partial charge in [0.25, 0.3) is 5.56 Å². The molecule has 0 N–H and O–H groups in total. The zero-order valence-corrected chi connectivity index (χ0v) is 26.1. The van der Waals surface area contributed by atoms with Gasteiger partial charge in [0.15, 0.2) is 11.6 Å². The fourth-order valence-electron chi connectivity index (χ4n) is 5.06. The number of fused-ring (bicyclic) bond motifs is 1. The highest BCUT2D eigenvalue weighted by molar-refractivity contribution is 5.84. The monoisotopic (exact) mass is 624 g/mol. The first kappa shape index (κ1) is 31.8. The van der Waals surface area contributed by atoms with E-state index in [0.29, 0.717) is 33.4 Å².